The summed E-state index contributed by atoms with van der Waals surface area (Å²) in [6, 6.07) is 15.3. The predicted octanol–water partition coefficient (Wildman–Crippen LogP) is 5.29. The topological polar surface area (TPSA) is 76.1 Å². The number of ketones is 1. The van der Waals surface area contributed by atoms with Gasteiger partial charge in [0.05, 0.1) is 10.6 Å². The molecule has 5 rings (SSSR count). The molecular formula is C25H21ClN2O3S. The van der Waals surface area contributed by atoms with Crippen molar-refractivity contribution in [3.63, 3.8) is 0 Å². The Balaban J connectivity index is 1.41. The molecule has 0 amide bonds. The lowest BCUT2D eigenvalue weighted by molar-refractivity contribution is -0.119. The van der Waals surface area contributed by atoms with Crippen molar-refractivity contribution in [1.29, 1.82) is 0 Å². The van der Waals surface area contributed by atoms with Crippen LogP contribution in [-0.4, -0.2) is 19.2 Å². The number of nitrogens with one attached hydrogen (secondary N) is 1. The molecule has 32 heavy (non-hydrogen) atoms. The normalized spacial score (nSPS) is 14.9. The molecule has 0 bridgehead atoms. The fraction of sp³-hybridized carbons (Fsp3) is 0.200. The second-order valence-corrected chi connectivity index (χ2v) is 10.3. The van der Waals surface area contributed by atoms with Gasteiger partial charge in [-0.05, 0) is 66.4 Å². The average molecular weight is 465 g/mol. The number of hydrogen-bond donors (Lipinski definition) is 1. The van der Waals surface area contributed by atoms with E-state index in [0.29, 0.717) is 17.1 Å². The maximum absolute atomic E-state index is 12.6. The maximum Gasteiger partial charge on any atom is 0.261 e. The van der Waals surface area contributed by atoms with Crippen molar-refractivity contribution in [3.05, 3.63) is 82.6 Å². The number of halogens is 1. The van der Waals surface area contributed by atoms with Gasteiger partial charge in [0, 0.05) is 40.7 Å². The lowest BCUT2D eigenvalue weighted by Gasteiger charge is -2.13. The van der Waals surface area contributed by atoms with Crippen molar-refractivity contribution >= 4 is 39.2 Å². The molecule has 1 aromatic heterocycles. The number of Topliss-reactive ketones (excluding diaryl/α,β-unsaturated/α-hetero) is 1. The van der Waals surface area contributed by atoms with Gasteiger partial charge in [-0.1, -0.05) is 35.9 Å². The van der Waals surface area contributed by atoms with Crippen LogP contribution in [0.4, 0.5) is 5.69 Å². The highest BCUT2D eigenvalue weighted by molar-refractivity contribution is 7.92. The van der Waals surface area contributed by atoms with Crippen LogP contribution in [0.15, 0.2) is 65.6 Å². The van der Waals surface area contributed by atoms with E-state index >= 15 is 0 Å². The van der Waals surface area contributed by atoms with Gasteiger partial charge in [-0.25, -0.2) is 8.42 Å². The Kier molecular flexibility index (Phi) is 5.35. The first kappa shape index (κ1) is 20.9. The Bertz CT molecular complexity index is 1330. The van der Waals surface area contributed by atoms with E-state index in [1.807, 2.05) is 18.2 Å². The summed E-state index contributed by atoms with van der Waals surface area (Å²) in [5.74, 6) is 0.473. The van der Waals surface area contributed by atoms with Gasteiger partial charge in [0.25, 0.3) is 10.0 Å². The van der Waals surface area contributed by atoms with Gasteiger partial charge in [0.15, 0.2) is 0 Å². The van der Waals surface area contributed by atoms with E-state index in [1.165, 1.54) is 12.1 Å². The number of fused-ring (bicyclic) bond motifs is 1. The third-order valence-electron chi connectivity index (χ3n) is 5.75. The largest absolute Gasteiger partial charge is 0.299 e. The molecule has 0 aliphatic heterocycles. The number of rotatable bonds is 7. The molecule has 0 radical (unpaired) electrons. The van der Waals surface area contributed by atoms with E-state index in [9.17, 15) is 13.2 Å². The van der Waals surface area contributed by atoms with E-state index in [-0.39, 0.29) is 16.6 Å². The molecule has 0 spiro atoms. The van der Waals surface area contributed by atoms with Crippen molar-refractivity contribution < 1.29 is 13.2 Å². The Morgan fingerprint density at radius 1 is 1.06 bits per heavy atom. The molecular weight excluding hydrogens is 444 g/mol. The highest BCUT2D eigenvalue weighted by Crippen LogP contribution is 2.34. The van der Waals surface area contributed by atoms with Crippen molar-refractivity contribution in [3.8, 4) is 11.1 Å². The Morgan fingerprint density at radius 3 is 2.47 bits per heavy atom. The zero-order valence-corrected chi connectivity index (χ0v) is 18.8. The van der Waals surface area contributed by atoms with Gasteiger partial charge in [0.1, 0.15) is 5.78 Å². The third kappa shape index (κ3) is 4.33. The monoisotopic (exact) mass is 464 g/mol. The summed E-state index contributed by atoms with van der Waals surface area (Å²) in [6.45, 7) is 0. The molecule has 1 saturated carbocycles. The highest BCUT2D eigenvalue weighted by Gasteiger charge is 2.30. The number of sulfonamides is 1. The molecule has 7 heteroatoms. The molecule has 2 aliphatic rings. The fourth-order valence-corrected chi connectivity index (χ4v) is 5.08. The van der Waals surface area contributed by atoms with Crippen LogP contribution in [0, 0.1) is 5.92 Å². The van der Waals surface area contributed by atoms with Crippen molar-refractivity contribution in [2.24, 2.45) is 5.92 Å². The first-order valence-corrected chi connectivity index (χ1v) is 12.4. The van der Waals surface area contributed by atoms with Crippen LogP contribution in [0.5, 0.6) is 0 Å². The molecule has 1 fully saturated rings. The minimum atomic E-state index is -3.71. The van der Waals surface area contributed by atoms with Crippen molar-refractivity contribution in [1.82, 2.24) is 4.98 Å². The van der Waals surface area contributed by atoms with Crippen LogP contribution in [0.1, 0.15) is 29.8 Å². The maximum atomic E-state index is 12.6. The highest BCUT2D eigenvalue weighted by atomic mass is 35.5. The summed E-state index contributed by atoms with van der Waals surface area (Å²) in [5, 5.41) is 0.477. The van der Waals surface area contributed by atoms with E-state index < -0.39 is 10.0 Å². The summed E-state index contributed by atoms with van der Waals surface area (Å²) in [6.07, 6.45) is 7.23. The van der Waals surface area contributed by atoms with Crippen LogP contribution in [0.25, 0.3) is 17.2 Å². The minimum Gasteiger partial charge on any atom is -0.299 e. The first-order chi connectivity index (χ1) is 15.4. The molecule has 1 N–H and O–H groups in total. The van der Waals surface area contributed by atoms with Gasteiger partial charge >= 0.3 is 0 Å². The lowest BCUT2D eigenvalue weighted by atomic mass is 9.97. The van der Waals surface area contributed by atoms with Gasteiger partial charge in [-0.2, -0.15) is 0 Å². The minimum absolute atomic E-state index is 0.146. The number of benzene rings is 2. The van der Waals surface area contributed by atoms with Crippen LogP contribution in [0.2, 0.25) is 5.02 Å². The molecule has 2 aromatic carbocycles. The van der Waals surface area contributed by atoms with Gasteiger partial charge in [0.2, 0.25) is 0 Å². The zero-order valence-electron chi connectivity index (χ0n) is 17.2. The number of pyridine rings is 1. The number of carbonyl (C=O) groups excluding carboxylic acids is 1. The third-order valence-corrected chi connectivity index (χ3v) is 7.40. The molecule has 0 atom stereocenters. The van der Waals surface area contributed by atoms with E-state index in [0.717, 1.165) is 47.3 Å². The number of anilines is 1. The van der Waals surface area contributed by atoms with E-state index in [2.05, 4.69) is 16.9 Å². The molecule has 5 nitrogen and oxygen atoms in total. The van der Waals surface area contributed by atoms with Gasteiger partial charge in [-0.3, -0.25) is 14.5 Å². The SMILES string of the molecule is O=C(Cc1cc(-c2ccc(NS(=O)(=O)c3ccc(Cl)cc3)cc2)c2c(n1)CC=C2)C1CC1. The summed E-state index contributed by atoms with van der Waals surface area (Å²) in [7, 11) is -3.71. The van der Waals surface area contributed by atoms with Crippen LogP contribution in [-0.2, 0) is 27.7 Å². The van der Waals surface area contributed by atoms with E-state index in [4.69, 9.17) is 16.6 Å². The molecule has 0 unspecified atom stereocenters. The van der Waals surface area contributed by atoms with Crippen LogP contribution in [0.3, 0.4) is 0 Å². The standard InChI is InChI=1S/C25H21ClN2O3S/c26-18-8-12-21(13-9-18)32(30,31)28-19-10-6-16(7-11-19)23-14-20(15-25(29)17-4-5-17)27-24-3-1-2-22(23)24/h1-2,6-14,17,28H,3-5,15H2. The predicted molar refractivity (Wildman–Crippen MR) is 126 cm³/mol. The number of aromatic nitrogens is 1. The molecule has 0 saturated heterocycles. The lowest BCUT2D eigenvalue weighted by Crippen LogP contribution is -2.12. The van der Waals surface area contributed by atoms with Crippen LogP contribution >= 0.6 is 11.6 Å². The van der Waals surface area contributed by atoms with E-state index in [1.54, 1.807) is 24.3 Å². The summed E-state index contributed by atoms with van der Waals surface area (Å²) in [5.41, 5.74) is 5.26. The van der Waals surface area contributed by atoms with Crippen molar-refractivity contribution in [2.45, 2.75) is 30.6 Å². The second-order valence-electron chi connectivity index (χ2n) is 8.18. The number of nitrogens with zero attached hydrogens (tertiary/aromatic N) is 1. The summed E-state index contributed by atoms with van der Waals surface area (Å²) < 4.78 is 27.9. The Morgan fingerprint density at radius 2 is 1.78 bits per heavy atom. The van der Waals surface area contributed by atoms with Gasteiger partial charge < -0.3 is 0 Å². The number of hydrogen-bond acceptors (Lipinski definition) is 4. The molecule has 1 heterocycles. The quantitative estimate of drug-likeness (QED) is 0.515. The van der Waals surface area contributed by atoms with Crippen molar-refractivity contribution in [2.75, 3.05) is 4.72 Å². The Labute approximate surface area is 192 Å². The number of allylic oxidation sites excluding steroid dienone is 1. The molecule has 2 aliphatic carbocycles. The average Bonchev–Trinajstić information content (AvgIpc) is 3.52. The number of carbonyl (C=O) groups is 1. The second kappa shape index (κ2) is 8.19. The summed E-state index contributed by atoms with van der Waals surface area (Å²) in [4.78, 5) is 17.2. The molecule has 3 aromatic rings. The first-order valence-electron chi connectivity index (χ1n) is 10.5. The fourth-order valence-electron chi connectivity index (χ4n) is 3.90. The summed E-state index contributed by atoms with van der Waals surface area (Å²) >= 11 is 5.85. The van der Waals surface area contributed by atoms with Crippen LogP contribution < -0.4 is 4.72 Å². The van der Waals surface area contributed by atoms with Gasteiger partial charge in [-0.15, -0.1) is 0 Å². The Hall–Kier alpha value is -2.96. The zero-order chi connectivity index (χ0) is 22.3. The molecule has 162 valence electrons. The smallest absolute Gasteiger partial charge is 0.261 e.